The maximum absolute atomic E-state index is 7.73. The summed E-state index contributed by atoms with van der Waals surface area (Å²) >= 11 is 0. The Hall–Kier alpha value is -1.59. The molecule has 2 saturated heterocycles. The first-order valence-electron chi connectivity index (χ1n) is 7.22. The molecule has 2 aliphatic rings. The molecule has 0 aromatic heterocycles. The third-order valence-electron chi connectivity index (χ3n) is 4.23. The molecule has 3 N–H and O–H groups in total. The normalized spacial score (nSPS) is 27.1. The number of hydrogen-bond donors (Lipinski definition) is 2. The molecule has 0 saturated carbocycles. The maximum atomic E-state index is 7.73. The van der Waals surface area contributed by atoms with Crippen LogP contribution in [0.3, 0.4) is 0 Å². The zero-order valence-corrected chi connectivity index (χ0v) is 11.7. The molecule has 0 amide bonds. The molecule has 20 heavy (non-hydrogen) atoms. The Labute approximate surface area is 119 Å². The van der Waals surface area contributed by atoms with Crippen molar-refractivity contribution in [1.82, 2.24) is 9.80 Å². The van der Waals surface area contributed by atoms with Gasteiger partial charge in [-0.1, -0.05) is 30.3 Å². The molecule has 1 aromatic rings. The zero-order valence-electron chi connectivity index (χ0n) is 11.7. The van der Waals surface area contributed by atoms with Gasteiger partial charge in [-0.15, -0.1) is 0 Å². The summed E-state index contributed by atoms with van der Waals surface area (Å²) in [6.07, 6.45) is 1.24. The second-order valence-corrected chi connectivity index (χ2v) is 5.56. The highest BCUT2D eigenvalue weighted by Crippen LogP contribution is 2.23. The molecule has 0 bridgehead atoms. The Morgan fingerprint density at radius 2 is 2.10 bits per heavy atom. The lowest BCUT2D eigenvalue weighted by atomic mass is 9.98. The van der Waals surface area contributed by atoms with E-state index in [1.54, 1.807) is 0 Å². The second kappa shape index (κ2) is 5.81. The molecular weight excluding hydrogens is 252 g/mol. The minimum atomic E-state index is 0.171. The molecule has 2 atom stereocenters. The molecule has 2 fully saturated rings. The lowest BCUT2D eigenvalue weighted by Gasteiger charge is -2.47. The van der Waals surface area contributed by atoms with Gasteiger partial charge in [0.15, 0.2) is 5.96 Å². The molecule has 0 aliphatic carbocycles. The lowest BCUT2D eigenvalue weighted by molar-refractivity contribution is -0.0823. The minimum Gasteiger partial charge on any atom is -0.374 e. The number of guanidine groups is 1. The third-order valence-corrected chi connectivity index (χ3v) is 4.23. The number of nitrogens with one attached hydrogen (secondary N) is 1. The Bertz CT molecular complexity index is 464. The third kappa shape index (κ3) is 2.78. The van der Waals surface area contributed by atoms with Crippen LogP contribution in [0.5, 0.6) is 0 Å². The van der Waals surface area contributed by atoms with Gasteiger partial charge in [-0.25, -0.2) is 0 Å². The first-order valence-corrected chi connectivity index (χ1v) is 7.22. The van der Waals surface area contributed by atoms with Crippen LogP contribution in [0, 0.1) is 5.41 Å². The standard InChI is InChI=1S/C15H22N4O/c16-15(17)19-8-9-20-14-6-7-18(11-13(14)19)10-12-4-2-1-3-5-12/h1-5,13-14H,6-11H2,(H3,16,17). The average Bonchev–Trinajstić information content (AvgIpc) is 2.47. The highest BCUT2D eigenvalue weighted by Gasteiger charge is 2.37. The van der Waals surface area contributed by atoms with Crippen molar-refractivity contribution in [3.05, 3.63) is 35.9 Å². The number of nitrogens with two attached hydrogens (primary N) is 1. The fraction of sp³-hybridized carbons (Fsp3) is 0.533. The van der Waals surface area contributed by atoms with E-state index in [0.717, 1.165) is 32.6 Å². The molecule has 0 spiro atoms. The van der Waals surface area contributed by atoms with Crippen molar-refractivity contribution in [2.45, 2.75) is 25.1 Å². The van der Waals surface area contributed by atoms with Crippen LogP contribution >= 0.6 is 0 Å². The fourth-order valence-electron chi connectivity index (χ4n) is 3.22. The van der Waals surface area contributed by atoms with Gasteiger partial charge in [-0.2, -0.15) is 0 Å². The molecule has 2 heterocycles. The summed E-state index contributed by atoms with van der Waals surface area (Å²) in [5.74, 6) is 0.171. The van der Waals surface area contributed by atoms with Gasteiger partial charge in [0.05, 0.1) is 18.8 Å². The van der Waals surface area contributed by atoms with E-state index in [0.29, 0.717) is 6.61 Å². The van der Waals surface area contributed by atoms with E-state index in [4.69, 9.17) is 15.9 Å². The molecule has 3 rings (SSSR count). The molecular formula is C15H22N4O. The van der Waals surface area contributed by atoms with Crippen LogP contribution in [-0.2, 0) is 11.3 Å². The van der Waals surface area contributed by atoms with Crippen LogP contribution in [0.4, 0.5) is 0 Å². The van der Waals surface area contributed by atoms with Gasteiger partial charge in [0.2, 0.25) is 0 Å². The van der Waals surface area contributed by atoms with E-state index in [9.17, 15) is 0 Å². The second-order valence-electron chi connectivity index (χ2n) is 5.56. The predicted molar refractivity (Wildman–Crippen MR) is 78.5 cm³/mol. The lowest BCUT2D eigenvalue weighted by Crippen LogP contribution is -2.62. The van der Waals surface area contributed by atoms with Gasteiger partial charge < -0.3 is 15.4 Å². The summed E-state index contributed by atoms with van der Waals surface area (Å²) < 4.78 is 5.84. The Kier molecular flexibility index (Phi) is 3.89. The van der Waals surface area contributed by atoms with Gasteiger partial charge in [0.1, 0.15) is 0 Å². The summed E-state index contributed by atoms with van der Waals surface area (Å²) in [4.78, 5) is 4.42. The highest BCUT2D eigenvalue weighted by atomic mass is 16.5. The molecule has 5 heteroatoms. The van der Waals surface area contributed by atoms with Crippen molar-refractivity contribution in [3.63, 3.8) is 0 Å². The van der Waals surface area contributed by atoms with E-state index < -0.39 is 0 Å². The van der Waals surface area contributed by atoms with E-state index >= 15 is 0 Å². The number of benzene rings is 1. The SMILES string of the molecule is N=C(N)N1CCOC2CCN(Cc3ccccc3)CC21. The highest BCUT2D eigenvalue weighted by molar-refractivity contribution is 5.75. The molecule has 1 aromatic carbocycles. The number of piperidine rings is 1. The van der Waals surface area contributed by atoms with Crippen LogP contribution in [0.25, 0.3) is 0 Å². The number of ether oxygens (including phenoxy) is 1. The summed E-state index contributed by atoms with van der Waals surface area (Å²) in [6.45, 7) is 4.33. The number of morpholine rings is 1. The van der Waals surface area contributed by atoms with Crippen molar-refractivity contribution >= 4 is 5.96 Å². The number of fused-ring (bicyclic) bond motifs is 1. The van der Waals surface area contributed by atoms with E-state index in [2.05, 4.69) is 29.2 Å². The van der Waals surface area contributed by atoms with Crippen LogP contribution in [-0.4, -0.2) is 54.1 Å². The summed E-state index contributed by atoms with van der Waals surface area (Å²) in [6, 6.07) is 10.7. The summed E-state index contributed by atoms with van der Waals surface area (Å²) in [5, 5.41) is 7.73. The first kappa shape index (κ1) is 13.4. The van der Waals surface area contributed by atoms with Gasteiger partial charge in [0.25, 0.3) is 0 Å². The predicted octanol–water partition coefficient (Wildman–Crippen LogP) is 0.855. The molecule has 2 unspecified atom stereocenters. The number of rotatable bonds is 2. The Morgan fingerprint density at radius 3 is 2.85 bits per heavy atom. The zero-order chi connectivity index (χ0) is 13.9. The van der Waals surface area contributed by atoms with Crippen LogP contribution < -0.4 is 5.73 Å². The molecule has 108 valence electrons. The maximum Gasteiger partial charge on any atom is 0.188 e. The van der Waals surface area contributed by atoms with E-state index in [1.807, 2.05) is 11.0 Å². The molecule has 2 aliphatic heterocycles. The fourth-order valence-corrected chi connectivity index (χ4v) is 3.22. The van der Waals surface area contributed by atoms with Gasteiger partial charge in [0, 0.05) is 26.2 Å². The van der Waals surface area contributed by atoms with Crippen molar-refractivity contribution < 1.29 is 4.74 Å². The van der Waals surface area contributed by atoms with Crippen LogP contribution in [0.2, 0.25) is 0 Å². The van der Waals surface area contributed by atoms with Crippen molar-refractivity contribution in [1.29, 1.82) is 5.41 Å². The van der Waals surface area contributed by atoms with E-state index in [-0.39, 0.29) is 18.1 Å². The van der Waals surface area contributed by atoms with Gasteiger partial charge >= 0.3 is 0 Å². The van der Waals surface area contributed by atoms with Crippen molar-refractivity contribution in [2.75, 3.05) is 26.2 Å². The van der Waals surface area contributed by atoms with Gasteiger partial charge in [-0.3, -0.25) is 10.3 Å². The van der Waals surface area contributed by atoms with Crippen molar-refractivity contribution in [2.24, 2.45) is 5.73 Å². The quantitative estimate of drug-likeness (QED) is 0.620. The minimum absolute atomic E-state index is 0.171. The monoisotopic (exact) mass is 274 g/mol. The first-order chi connectivity index (χ1) is 9.74. The van der Waals surface area contributed by atoms with Crippen molar-refractivity contribution in [3.8, 4) is 0 Å². The summed E-state index contributed by atoms with van der Waals surface area (Å²) in [7, 11) is 0. The number of nitrogens with zero attached hydrogens (tertiary/aromatic N) is 2. The Balaban J connectivity index is 1.67. The number of hydrogen-bond acceptors (Lipinski definition) is 3. The smallest absolute Gasteiger partial charge is 0.188 e. The Morgan fingerprint density at radius 1 is 1.30 bits per heavy atom. The van der Waals surface area contributed by atoms with Crippen LogP contribution in [0.15, 0.2) is 30.3 Å². The van der Waals surface area contributed by atoms with E-state index in [1.165, 1.54) is 5.56 Å². The van der Waals surface area contributed by atoms with Gasteiger partial charge in [-0.05, 0) is 12.0 Å². The topological polar surface area (TPSA) is 65.6 Å². The number of likely N-dealkylation sites (tertiary alicyclic amines) is 1. The largest absolute Gasteiger partial charge is 0.374 e. The molecule has 0 radical (unpaired) electrons. The summed E-state index contributed by atoms with van der Waals surface area (Å²) in [5.41, 5.74) is 7.04. The van der Waals surface area contributed by atoms with Crippen LogP contribution in [0.1, 0.15) is 12.0 Å². The average molecular weight is 274 g/mol. The molecule has 5 nitrogen and oxygen atoms in total.